The second-order valence-corrected chi connectivity index (χ2v) is 5.98. The highest BCUT2D eigenvalue weighted by Crippen LogP contribution is 2.23. The number of carbonyl (C=O) groups excluding carboxylic acids is 2. The van der Waals surface area contributed by atoms with Gasteiger partial charge in [0.25, 0.3) is 5.91 Å². The first-order valence-electron chi connectivity index (χ1n) is 7.33. The minimum atomic E-state index is -0.628. The lowest BCUT2D eigenvalue weighted by atomic mass is 10.2. The summed E-state index contributed by atoms with van der Waals surface area (Å²) in [6, 6.07) is 7.51. The molecule has 2 aromatic rings. The Morgan fingerprint density at radius 1 is 1.00 bits per heavy atom. The largest absolute Gasteiger partial charge is 0.497 e. The average Bonchev–Trinajstić information content (AvgIpc) is 2.66. The Morgan fingerprint density at radius 2 is 1.65 bits per heavy atom. The van der Waals surface area contributed by atoms with Crippen LogP contribution >= 0.6 is 11.8 Å². The van der Waals surface area contributed by atoms with Crippen LogP contribution in [0.3, 0.4) is 0 Å². The summed E-state index contributed by atoms with van der Waals surface area (Å²) in [5, 5.41) is 0. The predicted octanol–water partition coefficient (Wildman–Crippen LogP) is 2.54. The molecule has 9 heteroatoms. The van der Waals surface area contributed by atoms with Gasteiger partial charge < -0.3 is 9.47 Å². The van der Waals surface area contributed by atoms with Crippen LogP contribution in [0.2, 0.25) is 0 Å². The molecule has 0 bridgehead atoms. The number of methoxy groups -OCH3 is 2. The summed E-state index contributed by atoms with van der Waals surface area (Å²) in [7, 11) is 2.89. The summed E-state index contributed by atoms with van der Waals surface area (Å²) in [5.74, 6) is -1.77. The van der Waals surface area contributed by atoms with Gasteiger partial charge in [-0.2, -0.15) is 0 Å². The number of hydrogen-bond acceptors (Lipinski definition) is 5. The second-order valence-electron chi connectivity index (χ2n) is 4.97. The van der Waals surface area contributed by atoms with Crippen molar-refractivity contribution in [2.45, 2.75) is 4.90 Å². The van der Waals surface area contributed by atoms with E-state index >= 15 is 0 Å². The van der Waals surface area contributed by atoms with Gasteiger partial charge in [-0.1, -0.05) is 0 Å². The Morgan fingerprint density at radius 3 is 2.27 bits per heavy atom. The molecule has 0 aromatic heterocycles. The Labute approximate surface area is 152 Å². The van der Waals surface area contributed by atoms with Gasteiger partial charge in [-0.05, 0) is 30.3 Å². The number of halogens is 2. The summed E-state index contributed by atoms with van der Waals surface area (Å²) in [6.45, 7) is 0. The molecule has 0 atom stereocenters. The maximum Gasteiger partial charge on any atom is 0.269 e. The first kappa shape index (κ1) is 19.5. The number of ether oxygens (including phenoxy) is 2. The van der Waals surface area contributed by atoms with Gasteiger partial charge in [-0.15, -0.1) is 11.8 Å². The summed E-state index contributed by atoms with van der Waals surface area (Å²) in [6.07, 6.45) is 0. The highest BCUT2D eigenvalue weighted by atomic mass is 32.2. The fraction of sp³-hybridized carbons (Fsp3) is 0.176. The Bertz CT molecular complexity index is 795. The van der Waals surface area contributed by atoms with Gasteiger partial charge in [-0.25, -0.2) is 8.78 Å². The fourth-order valence-corrected chi connectivity index (χ4v) is 2.66. The van der Waals surface area contributed by atoms with E-state index in [1.807, 2.05) is 0 Å². The lowest BCUT2D eigenvalue weighted by Crippen LogP contribution is -2.42. The highest BCUT2D eigenvalue weighted by molar-refractivity contribution is 8.00. The van der Waals surface area contributed by atoms with Gasteiger partial charge in [0.05, 0.1) is 20.0 Å². The van der Waals surface area contributed by atoms with Crippen molar-refractivity contribution in [1.82, 2.24) is 10.9 Å². The van der Waals surface area contributed by atoms with Crippen LogP contribution in [0.4, 0.5) is 8.78 Å². The quantitative estimate of drug-likeness (QED) is 0.593. The van der Waals surface area contributed by atoms with E-state index in [4.69, 9.17) is 9.47 Å². The van der Waals surface area contributed by atoms with Crippen molar-refractivity contribution >= 4 is 23.6 Å². The lowest BCUT2D eigenvalue weighted by molar-refractivity contribution is -0.119. The number of hydrogen-bond donors (Lipinski definition) is 2. The Kier molecular flexibility index (Phi) is 6.79. The number of amides is 2. The highest BCUT2D eigenvalue weighted by Gasteiger charge is 2.12. The van der Waals surface area contributed by atoms with Crippen molar-refractivity contribution in [3.05, 3.63) is 53.6 Å². The molecule has 0 aliphatic carbocycles. The van der Waals surface area contributed by atoms with E-state index < -0.39 is 23.4 Å². The Balaban J connectivity index is 1.90. The molecule has 0 saturated heterocycles. The van der Waals surface area contributed by atoms with Crippen molar-refractivity contribution in [2.24, 2.45) is 0 Å². The zero-order chi connectivity index (χ0) is 19.1. The average molecular weight is 382 g/mol. The van der Waals surface area contributed by atoms with Crippen LogP contribution in [0.15, 0.2) is 41.3 Å². The molecule has 0 spiro atoms. The maximum absolute atomic E-state index is 13.5. The number of thioether (sulfide) groups is 1. The van der Waals surface area contributed by atoms with Gasteiger partial charge in [0.15, 0.2) is 0 Å². The Hall–Kier alpha value is -2.81. The molecule has 6 nitrogen and oxygen atoms in total. The maximum atomic E-state index is 13.5. The van der Waals surface area contributed by atoms with E-state index in [9.17, 15) is 18.4 Å². The molecule has 0 heterocycles. The minimum absolute atomic E-state index is 0.00371. The summed E-state index contributed by atoms with van der Waals surface area (Å²) in [5.41, 5.74) is 4.65. The van der Waals surface area contributed by atoms with Crippen molar-refractivity contribution in [1.29, 1.82) is 0 Å². The van der Waals surface area contributed by atoms with Crippen molar-refractivity contribution in [3.8, 4) is 11.5 Å². The molecule has 0 aliphatic heterocycles. The molecule has 138 valence electrons. The van der Waals surface area contributed by atoms with E-state index in [0.29, 0.717) is 11.5 Å². The molecule has 26 heavy (non-hydrogen) atoms. The fourth-order valence-electron chi connectivity index (χ4n) is 1.90. The van der Waals surface area contributed by atoms with Crippen LogP contribution in [0.25, 0.3) is 0 Å². The third kappa shape index (κ3) is 5.35. The van der Waals surface area contributed by atoms with Crippen LogP contribution in [-0.2, 0) is 4.79 Å². The van der Waals surface area contributed by atoms with Gasteiger partial charge in [0, 0.05) is 16.5 Å². The predicted molar refractivity (Wildman–Crippen MR) is 92.2 cm³/mol. The molecule has 0 aliphatic rings. The number of carbonyl (C=O) groups is 2. The molecule has 0 radical (unpaired) electrons. The van der Waals surface area contributed by atoms with Gasteiger partial charge >= 0.3 is 0 Å². The normalized spacial score (nSPS) is 10.2. The first-order valence-corrected chi connectivity index (χ1v) is 8.31. The van der Waals surface area contributed by atoms with Crippen molar-refractivity contribution in [3.63, 3.8) is 0 Å². The topological polar surface area (TPSA) is 76.7 Å². The van der Waals surface area contributed by atoms with Gasteiger partial charge in [-0.3, -0.25) is 20.4 Å². The monoisotopic (exact) mass is 382 g/mol. The number of rotatable bonds is 6. The SMILES string of the molecule is COc1cc(OC)cc(C(=O)NNC(=O)CSc2cc(F)ccc2F)c1. The van der Waals surface area contributed by atoms with Gasteiger partial charge in [0.1, 0.15) is 23.1 Å². The van der Waals surface area contributed by atoms with E-state index in [-0.39, 0.29) is 16.2 Å². The molecule has 2 amide bonds. The van der Waals surface area contributed by atoms with Gasteiger partial charge in [0.2, 0.25) is 5.91 Å². The first-order chi connectivity index (χ1) is 12.4. The zero-order valence-electron chi connectivity index (χ0n) is 14.0. The van der Waals surface area contributed by atoms with E-state index in [0.717, 1.165) is 30.0 Å². The third-order valence-corrected chi connectivity index (χ3v) is 4.21. The molecule has 2 aromatic carbocycles. The van der Waals surface area contributed by atoms with E-state index in [1.165, 1.54) is 26.4 Å². The number of nitrogens with one attached hydrogen (secondary N) is 2. The second kappa shape index (κ2) is 9.04. The molecule has 2 N–H and O–H groups in total. The summed E-state index contributed by atoms with van der Waals surface area (Å²) >= 11 is 0.811. The smallest absolute Gasteiger partial charge is 0.269 e. The van der Waals surface area contributed by atoms with E-state index in [1.54, 1.807) is 6.07 Å². The van der Waals surface area contributed by atoms with Crippen LogP contribution in [0.5, 0.6) is 11.5 Å². The summed E-state index contributed by atoms with van der Waals surface area (Å²) < 4.78 is 36.7. The third-order valence-electron chi connectivity index (χ3n) is 3.18. The zero-order valence-corrected chi connectivity index (χ0v) is 14.8. The summed E-state index contributed by atoms with van der Waals surface area (Å²) in [4.78, 5) is 23.9. The molecule has 0 saturated carbocycles. The van der Waals surface area contributed by atoms with Crippen LogP contribution < -0.4 is 20.3 Å². The number of benzene rings is 2. The minimum Gasteiger partial charge on any atom is -0.497 e. The van der Waals surface area contributed by atoms with Crippen LogP contribution in [0, 0.1) is 11.6 Å². The van der Waals surface area contributed by atoms with E-state index in [2.05, 4.69) is 10.9 Å². The molecule has 0 unspecified atom stereocenters. The standard InChI is InChI=1S/C17H16F2N2O4S/c1-24-12-5-10(6-13(8-12)25-2)17(23)21-20-16(22)9-26-15-7-11(18)3-4-14(15)19/h3-8H,9H2,1-2H3,(H,20,22)(H,21,23). The van der Waals surface area contributed by atoms with Crippen molar-refractivity contribution in [2.75, 3.05) is 20.0 Å². The molecular formula is C17H16F2N2O4S. The van der Waals surface area contributed by atoms with Crippen LogP contribution in [-0.4, -0.2) is 31.8 Å². The molecule has 0 fully saturated rings. The molecular weight excluding hydrogens is 366 g/mol. The van der Waals surface area contributed by atoms with Crippen molar-refractivity contribution < 1.29 is 27.8 Å². The molecule has 2 rings (SSSR count). The lowest BCUT2D eigenvalue weighted by Gasteiger charge is -2.10. The van der Waals surface area contributed by atoms with Crippen LogP contribution in [0.1, 0.15) is 10.4 Å². The number of hydrazine groups is 1.